The van der Waals surface area contributed by atoms with Crippen molar-refractivity contribution in [3.63, 3.8) is 0 Å². The van der Waals surface area contributed by atoms with Crippen LogP contribution in [0.15, 0.2) is 0 Å². The molecule has 1 N–H and O–H groups in total. The molecule has 0 saturated carbocycles. The Labute approximate surface area is 78.1 Å². The fourth-order valence-electron chi connectivity index (χ4n) is 0.193. The van der Waals surface area contributed by atoms with Crippen LogP contribution in [0.3, 0.4) is 0 Å². The molecule has 7 heteroatoms. The number of nitrogens with one attached hydrogen (secondary N) is 1. The number of nitrogens with zero attached hydrogens (tertiary/aromatic N) is 1. The van der Waals surface area contributed by atoms with Crippen molar-refractivity contribution >= 4 is 46.6 Å². The number of alkyl halides is 3. The third-order valence-corrected chi connectivity index (χ3v) is 1.09. The largest absolute Gasteiger partial charge is 0.292 e. The van der Waals surface area contributed by atoms with Crippen molar-refractivity contribution in [2.24, 2.45) is 0 Å². The van der Waals surface area contributed by atoms with Gasteiger partial charge < -0.3 is 0 Å². The fourth-order valence-corrected chi connectivity index (χ4v) is 0.320. The van der Waals surface area contributed by atoms with Gasteiger partial charge in [0.15, 0.2) is 0 Å². The lowest BCUT2D eigenvalue weighted by molar-refractivity contribution is -0.127. The summed E-state index contributed by atoms with van der Waals surface area (Å²) >= 11 is 15.3. The molecule has 0 fully saturated rings. The minimum atomic E-state index is -2.08. The molecule has 0 aromatic carbocycles. The molecule has 0 aromatic rings. The first-order valence-electron chi connectivity index (χ1n) is 2.42. The molecular weight excluding hydrogens is 214 g/mol. The Hall–Kier alpha value is -0.190. The number of amides is 2. The van der Waals surface area contributed by atoms with Crippen LogP contribution in [-0.2, 0) is 9.59 Å². The Morgan fingerprint density at radius 3 is 2.09 bits per heavy atom. The van der Waals surface area contributed by atoms with Crippen LogP contribution in [0.2, 0.25) is 0 Å². The zero-order chi connectivity index (χ0) is 9.07. The molecular formula is C4H4Cl3N2O2. The Morgan fingerprint density at radius 2 is 1.82 bits per heavy atom. The molecule has 63 valence electrons. The highest BCUT2D eigenvalue weighted by Gasteiger charge is 2.30. The summed E-state index contributed by atoms with van der Waals surface area (Å²) < 4.78 is -2.08. The topological polar surface area (TPSA) is 60.3 Å². The summed E-state index contributed by atoms with van der Waals surface area (Å²) in [7, 11) is 0. The molecule has 0 atom stereocenters. The first-order chi connectivity index (χ1) is 4.84. The van der Waals surface area contributed by atoms with Crippen LogP contribution in [0.1, 0.15) is 6.92 Å². The molecule has 0 aliphatic rings. The summed E-state index contributed by atoms with van der Waals surface area (Å²) in [6, 6.07) is 0. The van der Waals surface area contributed by atoms with Crippen molar-refractivity contribution in [1.29, 1.82) is 0 Å². The van der Waals surface area contributed by atoms with E-state index in [1.165, 1.54) is 0 Å². The highest BCUT2D eigenvalue weighted by molar-refractivity contribution is 6.76. The molecule has 0 bridgehead atoms. The van der Waals surface area contributed by atoms with E-state index in [0.29, 0.717) is 0 Å². The maximum Gasteiger partial charge on any atom is 0.292 e. The molecule has 1 radical (unpaired) electrons. The second-order valence-corrected chi connectivity index (χ2v) is 3.85. The van der Waals surface area contributed by atoms with E-state index in [-0.39, 0.29) is 0 Å². The van der Waals surface area contributed by atoms with Gasteiger partial charge in [0.1, 0.15) is 0 Å². The Kier molecular flexibility index (Phi) is 3.92. The van der Waals surface area contributed by atoms with E-state index in [1.807, 2.05) is 0 Å². The van der Waals surface area contributed by atoms with Crippen molar-refractivity contribution < 1.29 is 9.59 Å². The lowest BCUT2D eigenvalue weighted by Crippen LogP contribution is -2.41. The predicted octanol–water partition coefficient (Wildman–Crippen LogP) is 0.539. The van der Waals surface area contributed by atoms with Gasteiger partial charge in [0.05, 0.1) is 0 Å². The van der Waals surface area contributed by atoms with E-state index < -0.39 is 15.6 Å². The van der Waals surface area contributed by atoms with Crippen LogP contribution in [0.25, 0.3) is 0 Å². The Morgan fingerprint density at radius 1 is 1.36 bits per heavy atom. The van der Waals surface area contributed by atoms with Gasteiger partial charge in [-0.3, -0.25) is 9.59 Å². The third kappa shape index (κ3) is 5.12. The molecule has 4 nitrogen and oxygen atoms in total. The molecule has 2 amide bonds. The number of carbonyl (C=O) groups excluding carboxylic acids is 2. The number of carbonyl (C=O) groups is 2. The zero-order valence-corrected chi connectivity index (χ0v) is 7.67. The lowest BCUT2D eigenvalue weighted by atomic mass is 10.7. The van der Waals surface area contributed by atoms with Gasteiger partial charge in [0.25, 0.3) is 15.6 Å². The monoisotopic (exact) mass is 217 g/mol. The van der Waals surface area contributed by atoms with Gasteiger partial charge in [-0.1, -0.05) is 34.8 Å². The summed E-state index contributed by atoms with van der Waals surface area (Å²) in [5.74, 6) is -1.54. The van der Waals surface area contributed by atoms with Crippen molar-refractivity contribution in [3.05, 3.63) is 0 Å². The van der Waals surface area contributed by atoms with Gasteiger partial charge in [-0.15, -0.1) is 5.43 Å². The highest BCUT2D eigenvalue weighted by atomic mass is 35.6. The van der Waals surface area contributed by atoms with Gasteiger partial charge in [0, 0.05) is 6.92 Å². The first-order valence-corrected chi connectivity index (χ1v) is 3.56. The summed E-state index contributed by atoms with van der Waals surface area (Å²) in [6.45, 7) is 1.15. The summed E-state index contributed by atoms with van der Waals surface area (Å²) in [5, 5.41) is 0. The lowest BCUT2D eigenvalue weighted by Gasteiger charge is -2.08. The molecule has 0 rings (SSSR count). The van der Waals surface area contributed by atoms with Crippen LogP contribution in [0, 0.1) is 0 Å². The van der Waals surface area contributed by atoms with E-state index in [1.54, 1.807) is 5.43 Å². The number of rotatable bonds is 0. The average Bonchev–Trinajstić information content (AvgIpc) is 1.80. The molecule has 11 heavy (non-hydrogen) atoms. The summed E-state index contributed by atoms with van der Waals surface area (Å²) in [5.41, 5.74) is 4.76. The maximum absolute atomic E-state index is 10.6. The van der Waals surface area contributed by atoms with Crippen molar-refractivity contribution in [2.45, 2.75) is 10.7 Å². The number of halogens is 3. The second-order valence-electron chi connectivity index (χ2n) is 1.57. The Balaban J connectivity index is 3.80. The fraction of sp³-hybridized carbons (Fsp3) is 0.500. The molecule has 0 heterocycles. The van der Waals surface area contributed by atoms with Gasteiger partial charge in [-0.25, -0.2) is 5.43 Å². The molecule has 0 saturated heterocycles. The first kappa shape index (κ1) is 10.8. The second kappa shape index (κ2) is 3.99. The smallest absolute Gasteiger partial charge is 0.271 e. The van der Waals surface area contributed by atoms with E-state index in [2.05, 4.69) is 5.43 Å². The Bertz CT molecular complexity index is 177. The highest BCUT2D eigenvalue weighted by Crippen LogP contribution is 2.25. The molecule has 0 aromatic heterocycles. The van der Waals surface area contributed by atoms with Crippen LogP contribution >= 0.6 is 34.8 Å². The quantitative estimate of drug-likeness (QED) is 0.476. The molecule has 0 aliphatic carbocycles. The SMILES string of the molecule is CC(=O)[N]NC(=O)C(Cl)(Cl)Cl. The van der Waals surface area contributed by atoms with E-state index in [0.717, 1.165) is 6.92 Å². The van der Waals surface area contributed by atoms with Crippen molar-refractivity contribution in [3.8, 4) is 0 Å². The maximum atomic E-state index is 10.6. The van der Waals surface area contributed by atoms with Gasteiger partial charge in [-0.05, 0) is 0 Å². The number of hydrogen-bond acceptors (Lipinski definition) is 2. The standard InChI is InChI=1S/C4H4Cl3N2O2/c1-2(10)8-9-3(11)4(5,6)7/h1H3,(H,9,11). The molecule has 0 aliphatic heterocycles. The summed E-state index contributed by atoms with van der Waals surface area (Å²) in [6.07, 6.45) is 0. The summed E-state index contributed by atoms with van der Waals surface area (Å²) in [4.78, 5) is 20.8. The van der Waals surface area contributed by atoms with Crippen LogP contribution in [0.5, 0.6) is 0 Å². The van der Waals surface area contributed by atoms with E-state index in [4.69, 9.17) is 34.8 Å². The van der Waals surface area contributed by atoms with Crippen LogP contribution in [0.4, 0.5) is 0 Å². The van der Waals surface area contributed by atoms with Crippen LogP contribution < -0.4 is 10.9 Å². The van der Waals surface area contributed by atoms with Crippen LogP contribution in [-0.4, -0.2) is 15.6 Å². The van der Waals surface area contributed by atoms with Gasteiger partial charge in [0.2, 0.25) is 0 Å². The van der Waals surface area contributed by atoms with E-state index >= 15 is 0 Å². The normalized spacial score (nSPS) is 10.5. The predicted molar refractivity (Wildman–Crippen MR) is 41.2 cm³/mol. The molecule has 0 spiro atoms. The van der Waals surface area contributed by atoms with Crippen molar-refractivity contribution in [1.82, 2.24) is 10.9 Å². The number of hydrogen-bond donors (Lipinski definition) is 1. The third-order valence-electron chi connectivity index (χ3n) is 0.572. The van der Waals surface area contributed by atoms with E-state index in [9.17, 15) is 9.59 Å². The minimum Gasteiger partial charge on any atom is -0.271 e. The van der Waals surface area contributed by atoms with Gasteiger partial charge >= 0.3 is 0 Å². The molecule has 0 unspecified atom stereocenters. The average molecular weight is 218 g/mol. The minimum absolute atomic E-state index is 0.576. The van der Waals surface area contributed by atoms with Gasteiger partial charge in [-0.2, -0.15) is 0 Å². The van der Waals surface area contributed by atoms with Crippen molar-refractivity contribution in [2.75, 3.05) is 0 Å². The zero-order valence-electron chi connectivity index (χ0n) is 5.40.